The Morgan fingerprint density at radius 2 is 1.64 bits per heavy atom. The molecular weight excluding hydrogens is 176 g/mol. The summed E-state index contributed by atoms with van der Waals surface area (Å²) >= 11 is 4.12. The third kappa shape index (κ3) is 0.909. The Labute approximate surface area is 75.3 Å². The summed E-state index contributed by atoms with van der Waals surface area (Å²) in [5.41, 5.74) is 0. The number of aliphatic hydroxyl groups excluding tert-OH is 1. The van der Waals surface area contributed by atoms with Crippen LogP contribution in [0.5, 0.6) is 0 Å². The van der Waals surface area contributed by atoms with Gasteiger partial charge in [0.1, 0.15) is 0 Å². The van der Waals surface area contributed by atoms with E-state index in [0.29, 0.717) is 10.5 Å². The van der Waals surface area contributed by atoms with Crippen LogP contribution in [-0.4, -0.2) is 32.2 Å². The van der Waals surface area contributed by atoms with E-state index in [1.807, 2.05) is 0 Å². The zero-order valence-corrected chi connectivity index (χ0v) is 7.90. The molecule has 3 aliphatic heterocycles. The van der Waals surface area contributed by atoms with Crippen molar-refractivity contribution in [3.8, 4) is 0 Å². The zero-order valence-electron chi connectivity index (χ0n) is 6.27. The van der Waals surface area contributed by atoms with Crippen molar-refractivity contribution in [2.75, 3.05) is 0 Å². The second kappa shape index (κ2) is 2.33. The van der Waals surface area contributed by atoms with E-state index >= 15 is 0 Å². The van der Waals surface area contributed by atoms with Crippen LogP contribution in [-0.2, 0) is 0 Å². The molecule has 62 valence electrons. The molecule has 0 aromatic rings. The van der Waals surface area contributed by atoms with Gasteiger partial charge in [0.2, 0.25) is 0 Å². The Hall–Kier alpha value is 0.660. The van der Waals surface area contributed by atoms with Crippen molar-refractivity contribution in [1.29, 1.82) is 0 Å². The molecule has 0 aliphatic carbocycles. The van der Waals surface area contributed by atoms with Crippen LogP contribution in [0.25, 0.3) is 0 Å². The number of hydrogen-bond acceptors (Lipinski definition) is 3. The number of fused-ring (bicyclic) bond motifs is 2. The Kier molecular flexibility index (Phi) is 1.50. The number of aliphatic hydroxyl groups is 1. The molecule has 0 aromatic carbocycles. The summed E-state index contributed by atoms with van der Waals surface area (Å²) in [5, 5.41) is 12.8. The molecule has 0 saturated carbocycles. The zero-order chi connectivity index (χ0) is 7.42. The van der Waals surface area contributed by atoms with Crippen molar-refractivity contribution in [3.63, 3.8) is 0 Å². The molecule has 1 N–H and O–H groups in total. The molecule has 3 heteroatoms. The summed E-state index contributed by atoms with van der Waals surface area (Å²) in [5.74, 6) is 0. The van der Waals surface area contributed by atoms with E-state index in [1.54, 1.807) is 0 Å². The summed E-state index contributed by atoms with van der Waals surface area (Å²) in [6.07, 6.45) is 3.91. The van der Waals surface area contributed by atoms with Crippen LogP contribution in [0.4, 0.5) is 0 Å². The highest BCUT2D eigenvalue weighted by molar-refractivity contribution is 8.06. The third-order valence-electron chi connectivity index (χ3n) is 3.08. The first kappa shape index (κ1) is 7.10. The maximum Gasteiger partial charge on any atom is 0.0777 e. The lowest BCUT2D eigenvalue weighted by Gasteiger charge is -2.35. The van der Waals surface area contributed by atoms with Gasteiger partial charge in [0.25, 0.3) is 0 Å². The molecule has 1 nitrogen and oxygen atoms in total. The highest BCUT2D eigenvalue weighted by atomic mass is 32.2. The molecule has 3 bridgehead atoms. The molecule has 3 aliphatic rings. The number of thioether (sulfide) groups is 2. The van der Waals surface area contributed by atoms with Gasteiger partial charge in [-0.15, -0.1) is 0 Å². The molecule has 0 amide bonds. The lowest BCUT2D eigenvalue weighted by atomic mass is 9.97. The minimum atomic E-state index is 0.00810. The minimum absolute atomic E-state index is 0.00810. The third-order valence-corrected chi connectivity index (χ3v) is 6.72. The van der Waals surface area contributed by atoms with Gasteiger partial charge in [-0.1, -0.05) is 0 Å². The second-order valence-electron chi connectivity index (χ2n) is 3.73. The van der Waals surface area contributed by atoms with Gasteiger partial charge in [0, 0.05) is 21.0 Å². The van der Waals surface area contributed by atoms with Gasteiger partial charge in [0.05, 0.1) is 6.10 Å². The van der Waals surface area contributed by atoms with Crippen molar-refractivity contribution in [2.45, 2.75) is 46.4 Å². The predicted molar refractivity (Wildman–Crippen MR) is 50.2 cm³/mol. The van der Waals surface area contributed by atoms with Gasteiger partial charge in [-0.2, -0.15) is 23.5 Å². The predicted octanol–water partition coefficient (Wildman–Crippen LogP) is 1.50. The quantitative estimate of drug-likeness (QED) is 0.622. The molecule has 0 radical (unpaired) electrons. The molecule has 11 heavy (non-hydrogen) atoms. The maximum atomic E-state index is 9.84. The highest BCUT2D eigenvalue weighted by Gasteiger charge is 2.50. The lowest BCUT2D eigenvalue weighted by Crippen LogP contribution is -2.40. The summed E-state index contributed by atoms with van der Waals surface area (Å²) in [4.78, 5) is 0. The van der Waals surface area contributed by atoms with Crippen LogP contribution in [0.3, 0.4) is 0 Å². The monoisotopic (exact) mass is 188 g/mol. The molecule has 0 aromatic heterocycles. The van der Waals surface area contributed by atoms with Crippen LogP contribution >= 0.6 is 23.5 Å². The number of hydrogen-bond donors (Lipinski definition) is 1. The van der Waals surface area contributed by atoms with Crippen molar-refractivity contribution in [3.05, 3.63) is 0 Å². The Morgan fingerprint density at radius 3 is 2.55 bits per heavy atom. The van der Waals surface area contributed by atoms with Crippen molar-refractivity contribution < 1.29 is 5.11 Å². The smallest absolute Gasteiger partial charge is 0.0777 e. The summed E-state index contributed by atoms with van der Waals surface area (Å²) < 4.78 is 0. The molecule has 3 rings (SSSR count). The Bertz CT molecular complexity index is 177. The van der Waals surface area contributed by atoms with E-state index in [1.165, 1.54) is 19.3 Å². The van der Waals surface area contributed by atoms with Crippen molar-refractivity contribution in [2.24, 2.45) is 0 Å². The molecule has 0 spiro atoms. The standard InChI is InChI=1S/C8H12OS2/c9-8-5-2-1-4-6(11-5)3-7(8)10-4/h4-9H,1-3H2. The largest absolute Gasteiger partial charge is 0.391 e. The van der Waals surface area contributed by atoms with Crippen LogP contribution < -0.4 is 0 Å². The summed E-state index contributed by atoms with van der Waals surface area (Å²) in [7, 11) is 0. The average Bonchev–Trinajstić information content (AvgIpc) is 2.33. The van der Waals surface area contributed by atoms with Gasteiger partial charge in [-0.3, -0.25) is 0 Å². The van der Waals surface area contributed by atoms with Gasteiger partial charge in [0.15, 0.2) is 0 Å². The summed E-state index contributed by atoms with van der Waals surface area (Å²) in [6.45, 7) is 0. The topological polar surface area (TPSA) is 20.2 Å². The fourth-order valence-electron chi connectivity index (χ4n) is 2.48. The van der Waals surface area contributed by atoms with Crippen LogP contribution in [0.1, 0.15) is 19.3 Å². The maximum absolute atomic E-state index is 9.84. The second-order valence-corrected chi connectivity index (χ2v) is 6.70. The average molecular weight is 188 g/mol. The first-order valence-corrected chi connectivity index (χ1v) is 6.22. The van der Waals surface area contributed by atoms with Gasteiger partial charge in [-0.25, -0.2) is 0 Å². The van der Waals surface area contributed by atoms with Crippen molar-refractivity contribution >= 4 is 23.5 Å². The molecule has 3 heterocycles. The van der Waals surface area contributed by atoms with E-state index in [4.69, 9.17) is 0 Å². The Morgan fingerprint density at radius 1 is 0.909 bits per heavy atom. The van der Waals surface area contributed by atoms with Gasteiger partial charge >= 0.3 is 0 Å². The first-order valence-electron chi connectivity index (χ1n) is 4.33. The van der Waals surface area contributed by atoms with Crippen LogP contribution in [0.2, 0.25) is 0 Å². The van der Waals surface area contributed by atoms with E-state index in [2.05, 4.69) is 23.5 Å². The highest BCUT2D eigenvalue weighted by Crippen LogP contribution is 2.55. The fourth-order valence-corrected chi connectivity index (χ4v) is 6.46. The van der Waals surface area contributed by atoms with E-state index in [9.17, 15) is 5.11 Å². The summed E-state index contributed by atoms with van der Waals surface area (Å²) in [6, 6.07) is 0. The molecular formula is C8H12OS2. The van der Waals surface area contributed by atoms with E-state index < -0.39 is 0 Å². The van der Waals surface area contributed by atoms with E-state index in [-0.39, 0.29) is 6.10 Å². The van der Waals surface area contributed by atoms with Gasteiger partial charge in [-0.05, 0) is 19.3 Å². The van der Waals surface area contributed by atoms with Gasteiger partial charge < -0.3 is 5.11 Å². The minimum Gasteiger partial charge on any atom is -0.391 e. The SMILES string of the molecule is OC1C2CCC3SC1CC3S2. The molecule has 3 fully saturated rings. The molecule has 5 atom stereocenters. The molecule has 5 unspecified atom stereocenters. The Balaban J connectivity index is 1.95. The van der Waals surface area contributed by atoms with Crippen LogP contribution in [0.15, 0.2) is 0 Å². The van der Waals surface area contributed by atoms with E-state index in [0.717, 1.165) is 10.5 Å². The fraction of sp³-hybridized carbons (Fsp3) is 1.00. The first-order chi connectivity index (χ1) is 5.34. The van der Waals surface area contributed by atoms with Crippen molar-refractivity contribution in [1.82, 2.24) is 0 Å². The normalized spacial score (nSPS) is 60.3. The lowest BCUT2D eigenvalue weighted by molar-refractivity contribution is 0.155. The van der Waals surface area contributed by atoms with Crippen LogP contribution in [0, 0.1) is 0 Å². The molecule has 3 saturated heterocycles. The number of rotatable bonds is 0.